The molecule has 0 aromatic heterocycles. The Morgan fingerprint density at radius 3 is 1.73 bits per heavy atom. The first kappa shape index (κ1) is 11.2. The predicted molar refractivity (Wildman–Crippen MR) is 53.6 cm³/mol. The Kier molecular flexibility index (Phi) is 6.97. The second kappa shape index (κ2) is 6.86. The zero-order chi connectivity index (χ0) is 8.69. The second-order valence-corrected chi connectivity index (χ2v) is 6.16. The first-order chi connectivity index (χ1) is 5.28. The van der Waals surface area contributed by atoms with E-state index in [4.69, 9.17) is 4.43 Å². The molecule has 68 valence electrons. The quantitative estimate of drug-likeness (QED) is 0.563. The van der Waals surface area contributed by atoms with Crippen molar-refractivity contribution in [1.29, 1.82) is 0 Å². The highest BCUT2D eigenvalue weighted by molar-refractivity contribution is 6.51. The van der Waals surface area contributed by atoms with Gasteiger partial charge in [-0.1, -0.05) is 27.7 Å². The lowest BCUT2D eigenvalue weighted by molar-refractivity contribution is 0.191. The summed E-state index contributed by atoms with van der Waals surface area (Å²) in [4.78, 5) is 0. The van der Waals surface area contributed by atoms with Crippen LogP contribution < -0.4 is 0 Å². The Bertz CT molecular complexity index is 67.6. The molecule has 0 amide bonds. The van der Waals surface area contributed by atoms with Gasteiger partial charge in [-0.25, -0.2) is 0 Å². The van der Waals surface area contributed by atoms with Crippen LogP contribution in [0, 0.1) is 0 Å². The lowest BCUT2D eigenvalue weighted by Crippen LogP contribution is -2.23. The molecule has 0 rings (SSSR count). The molecule has 0 aliphatic carbocycles. The average molecular weight is 174 g/mol. The molecule has 0 unspecified atom stereocenters. The summed E-state index contributed by atoms with van der Waals surface area (Å²) < 4.78 is 5.99. The molecule has 0 aromatic rings. The van der Waals surface area contributed by atoms with Crippen LogP contribution in [0.2, 0.25) is 12.1 Å². The molecule has 0 aromatic carbocycles. The molecule has 0 N–H and O–H groups in total. The van der Waals surface area contributed by atoms with Crippen LogP contribution in [0.25, 0.3) is 0 Å². The van der Waals surface area contributed by atoms with E-state index in [2.05, 4.69) is 27.7 Å². The van der Waals surface area contributed by atoms with Gasteiger partial charge in [0.05, 0.1) is 0 Å². The summed E-state index contributed by atoms with van der Waals surface area (Å²) in [7, 11) is -0.785. The van der Waals surface area contributed by atoms with Crippen LogP contribution in [0.1, 0.15) is 40.5 Å². The third kappa shape index (κ3) is 4.59. The van der Waals surface area contributed by atoms with Crippen molar-refractivity contribution in [2.75, 3.05) is 0 Å². The molecule has 0 saturated heterocycles. The fourth-order valence-electron chi connectivity index (χ4n) is 1.23. The van der Waals surface area contributed by atoms with E-state index in [1.54, 1.807) is 0 Å². The number of hydrogen-bond donors (Lipinski definition) is 0. The van der Waals surface area contributed by atoms with Crippen LogP contribution in [-0.2, 0) is 4.43 Å². The molecular formula is C9H22OSi. The molecular weight excluding hydrogens is 152 g/mol. The summed E-state index contributed by atoms with van der Waals surface area (Å²) in [5, 5.41) is 0. The van der Waals surface area contributed by atoms with Crippen LogP contribution in [0.3, 0.4) is 0 Å². The minimum Gasteiger partial charge on any atom is -0.417 e. The van der Waals surface area contributed by atoms with Crippen LogP contribution in [0.5, 0.6) is 0 Å². The molecule has 0 bridgehead atoms. The average Bonchev–Trinajstić information content (AvgIpc) is 2.07. The lowest BCUT2D eigenvalue weighted by Gasteiger charge is -2.20. The van der Waals surface area contributed by atoms with Crippen molar-refractivity contribution in [1.82, 2.24) is 0 Å². The second-order valence-electron chi connectivity index (χ2n) is 3.01. The molecule has 11 heavy (non-hydrogen) atoms. The number of rotatable bonds is 6. The highest BCUT2D eigenvalue weighted by Crippen LogP contribution is 2.09. The molecule has 1 nitrogen and oxygen atoms in total. The van der Waals surface area contributed by atoms with E-state index >= 15 is 0 Å². The van der Waals surface area contributed by atoms with E-state index in [1.165, 1.54) is 24.9 Å². The van der Waals surface area contributed by atoms with Gasteiger partial charge < -0.3 is 4.43 Å². The molecule has 0 aliphatic heterocycles. The van der Waals surface area contributed by atoms with E-state index in [9.17, 15) is 0 Å². The Morgan fingerprint density at radius 1 is 1.00 bits per heavy atom. The minimum absolute atomic E-state index is 0.548. The summed E-state index contributed by atoms with van der Waals surface area (Å²) in [5.74, 6) is 0. The van der Waals surface area contributed by atoms with Gasteiger partial charge in [-0.3, -0.25) is 0 Å². The third-order valence-corrected chi connectivity index (χ3v) is 4.80. The highest BCUT2D eigenvalue weighted by atomic mass is 28.3. The summed E-state index contributed by atoms with van der Waals surface area (Å²) in [5.41, 5.74) is 0. The fraction of sp³-hybridized carbons (Fsp3) is 1.00. The zero-order valence-electron chi connectivity index (χ0n) is 8.39. The van der Waals surface area contributed by atoms with Gasteiger partial charge in [0.15, 0.2) is 9.04 Å². The largest absolute Gasteiger partial charge is 0.417 e. The van der Waals surface area contributed by atoms with Gasteiger partial charge >= 0.3 is 0 Å². The molecule has 0 fully saturated rings. The minimum atomic E-state index is -0.785. The Balaban J connectivity index is 3.58. The standard InChI is InChI=1S/C9H22OSi/c1-5-9(6-2)10-11(7-3)8-4/h9,11H,5-8H2,1-4H3. The lowest BCUT2D eigenvalue weighted by atomic mass is 10.2. The van der Waals surface area contributed by atoms with E-state index in [0.29, 0.717) is 6.10 Å². The Hall–Kier alpha value is 0.177. The zero-order valence-corrected chi connectivity index (χ0v) is 9.55. The van der Waals surface area contributed by atoms with Crippen LogP contribution in [0.15, 0.2) is 0 Å². The first-order valence-corrected chi connectivity index (χ1v) is 7.04. The summed E-state index contributed by atoms with van der Waals surface area (Å²) in [6.07, 6.45) is 2.91. The third-order valence-electron chi connectivity index (χ3n) is 2.21. The smallest absolute Gasteiger partial charge is 0.176 e. The normalized spacial score (nSPS) is 11.5. The van der Waals surface area contributed by atoms with E-state index < -0.39 is 9.04 Å². The van der Waals surface area contributed by atoms with Gasteiger partial charge in [0, 0.05) is 6.10 Å². The first-order valence-electron chi connectivity index (χ1n) is 4.93. The van der Waals surface area contributed by atoms with Crippen LogP contribution in [0.4, 0.5) is 0 Å². The topological polar surface area (TPSA) is 9.23 Å². The maximum atomic E-state index is 5.99. The highest BCUT2D eigenvalue weighted by Gasteiger charge is 2.11. The van der Waals surface area contributed by atoms with Crippen molar-refractivity contribution in [3.63, 3.8) is 0 Å². The molecule has 0 radical (unpaired) electrons. The van der Waals surface area contributed by atoms with Gasteiger partial charge in [0.1, 0.15) is 0 Å². The maximum Gasteiger partial charge on any atom is 0.176 e. The maximum absolute atomic E-state index is 5.99. The SMILES string of the molecule is CCC(CC)O[SiH](CC)CC. The van der Waals surface area contributed by atoms with Crippen molar-refractivity contribution < 1.29 is 4.43 Å². The molecule has 0 heterocycles. The fourth-order valence-corrected chi connectivity index (χ4v) is 3.13. The van der Waals surface area contributed by atoms with Gasteiger partial charge in [0.2, 0.25) is 0 Å². The van der Waals surface area contributed by atoms with E-state index in [0.717, 1.165) is 0 Å². The predicted octanol–water partition coefficient (Wildman–Crippen LogP) is 2.96. The molecule has 0 saturated carbocycles. The number of hydrogen-bond acceptors (Lipinski definition) is 1. The van der Waals surface area contributed by atoms with Crippen molar-refractivity contribution in [3.05, 3.63) is 0 Å². The van der Waals surface area contributed by atoms with Gasteiger partial charge in [-0.05, 0) is 24.9 Å². The van der Waals surface area contributed by atoms with Crippen LogP contribution in [-0.4, -0.2) is 15.1 Å². The Labute approximate surface area is 72.9 Å². The summed E-state index contributed by atoms with van der Waals surface area (Å²) in [6.45, 7) is 8.93. The molecule has 2 heteroatoms. The van der Waals surface area contributed by atoms with E-state index in [1.807, 2.05) is 0 Å². The summed E-state index contributed by atoms with van der Waals surface area (Å²) in [6, 6.07) is 2.57. The van der Waals surface area contributed by atoms with E-state index in [-0.39, 0.29) is 0 Å². The van der Waals surface area contributed by atoms with Crippen molar-refractivity contribution in [3.8, 4) is 0 Å². The molecule has 0 atom stereocenters. The molecule has 0 aliphatic rings. The summed E-state index contributed by atoms with van der Waals surface area (Å²) >= 11 is 0. The van der Waals surface area contributed by atoms with Crippen molar-refractivity contribution in [2.45, 2.75) is 58.7 Å². The van der Waals surface area contributed by atoms with Gasteiger partial charge in [-0.2, -0.15) is 0 Å². The van der Waals surface area contributed by atoms with Gasteiger partial charge in [0.25, 0.3) is 0 Å². The van der Waals surface area contributed by atoms with Gasteiger partial charge in [-0.15, -0.1) is 0 Å². The Morgan fingerprint density at radius 2 is 1.45 bits per heavy atom. The van der Waals surface area contributed by atoms with Crippen LogP contribution >= 0.6 is 0 Å². The monoisotopic (exact) mass is 174 g/mol. The van der Waals surface area contributed by atoms with Crippen molar-refractivity contribution in [2.24, 2.45) is 0 Å². The van der Waals surface area contributed by atoms with Crippen molar-refractivity contribution >= 4 is 9.04 Å². The molecule has 0 spiro atoms.